The van der Waals surface area contributed by atoms with Gasteiger partial charge in [0.1, 0.15) is 0 Å². The topological polar surface area (TPSA) is 20.3 Å². The van der Waals surface area contributed by atoms with Gasteiger partial charge in [0.25, 0.3) is 0 Å². The first-order chi connectivity index (χ1) is 7.79. The fraction of sp³-hybridized carbons (Fsp3) is 0.417. The number of benzene rings is 1. The second-order valence-corrected chi connectivity index (χ2v) is 4.33. The molecular formula is C12H12F3NO. The van der Waals surface area contributed by atoms with Gasteiger partial charge < -0.3 is 4.90 Å². The lowest BCUT2D eigenvalue weighted by Gasteiger charge is -2.13. The van der Waals surface area contributed by atoms with Crippen molar-refractivity contribution >= 4 is 11.6 Å². The van der Waals surface area contributed by atoms with Crippen molar-refractivity contribution in [3.63, 3.8) is 0 Å². The molecule has 2 nitrogen and oxygen atoms in total. The van der Waals surface area contributed by atoms with Crippen LogP contribution in [0.15, 0.2) is 18.2 Å². The third-order valence-electron chi connectivity index (χ3n) is 2.98. The van der Waals surface area contributed by atoms with Crippen LogP contribution >= 0.6 is 0 Å². The maximum absolute atomic E-state index is 12.4. The number of carbonyl (C=O) groups is 1. The Hall–Kier alpha value is -1.52. The van der Waals surface area contributed by atoms with E-state index in [1.165, 1.54) is 11.9 Å². The van der Waals surface area contributed by atoms with E-state index in [0.717, 1.165) is 5.56 Å². The number of hydrogen-bond donors (Lipinski definition) is 0. The summed E-state index contributed by atoms with van der Waals surface area (Å²) in [6, 6.07) is 5.14. The number of halogens is 3. The van der Waals surface area contributed by atoms with E-state index in [4.69, 9.17) is 0 Å². The molecule has 5 heteroatoms. The number of rotatable bonds is 1. The minimum Gasteiger partial charge on any atom is -0.315 e. The van der Waals surface area contributed by atoms with Crippen molar-refractivity contribution in [2.45, 2.75) is 25.4 Å². The average molecular weight is 243 g/mol. The van der Waals surface area contributed by atoms with Gasteiger partial charge in [0.05, 0.1) is 12.3 Å². The summed E-state index contributed by atoms with van der Waals surface area (Å²) in [5, 5.41) is 0. The Balaban J connectivity index is 2.43. The highest BCUT2D eigenvalue weighted by Gasteiger charge is 2.42. The first-order valence-corrected chi connectivity index (χ1v) is 5.24. The van der Waals surface area contributed by atoms with Crippen LogP contribution in [-0.4, -0.2) is 19.1 Å². The molecule has 0 radical (unpaired) electrons. The number of nitrogens with zero attached hydrogens (tertiary/aromatic N) is 1. The number of carbonyl (C=O) groups excluding carboxylic acids is 1. The smallest absolute Gasteiger partial charge is 0.315 e. The maximum atomic E-state index is 12.4. The molecule has 1 heterocycles. The Bertz CT molecular complexity index is 467. The third kappa shape index (κ3) is 2.14. The molecule has 0 spiro atoms. The van der Waals surface area contributed by atoms with E-state index in [-0.39, 0.29) is 0 Å². The lowest BCUT2D eigenvalue weighted by atomic mass is 9.96. The van der Waals surface area contributed by atoms with Gasteiger partial charge in [-0.15, -0.1) is 0 Å². The van der Waals surface area contributed by atoms with Crippen molar-refractivity contribution in [2.75, 3.05) is 11.9 Å². The second-order valence-electron chi connectivity index (χ2n) is 4.33. The van der Waals surface area contributed by atoms with E-state index < -0.39 is 24.4 Å². The molecule has 1 aliphatic heterocycles. The van der Waals surface area contributed by atoms with Crippen LogP contribution in [0.4, 0.5) is 18.9 Å². The van der Waals surface area contributed by atoms with Crippen LogP contribution < -0.4 is 4.90 Å². The Labute approximate surface area is 97.0 Å². The fourth-order valence-electron chi connectivity index (χ4n) is 2.17. The fourth-order valence-corrected chi connectivity index (χ4v) is 2.17. The molecule has 0 bridgehead atoms. The molecule has 1 aliphatic rings. The normalized spacial score (nSPS) is 19.7. The van der Waals surface area contributed by atoms with Crippen LogP contribution in [0.5, 0.6) is 0 Å². The second kappa shape index (κ2) is 3.75. The summed E-state index contributed by atoms with van der Waals surface area (Å²) in [6.07, 6.45) is -5.42. The van der Waals surface area contributed by atoms with Gasteiger partial charge in [-0.3, -0.25) is 4.79 Å². The predicted molar refractivity (Wildman–Crippen MR) is 58.0 cm³/mol. The molecular weight excluding hydrogens is 231 g/mol. The molecule has 0 fully saturated rings. The van der Waals surface area contributed by atoms with Crippen LogP contribution in [0.1, 0.15) is 23.5 Å². The van der Waals surface area contributed by atoms with Gasteiger partial charge in [-0.25, -0.2) is 0 Å². The van der Waals surface area contributed by atoms with Crippen LogP contribution in [0.25, 0.3) is 0 Å². The van der Waals surface area contributed by atoms with Gasteiger partial charge in [-0.1, -0.05) is 17.7 Å². The first-order valence-electron chi connectivity index (χ1n) is 5.24. The van der Waals surface area contributed by atoms with E-state index >= 15 is 0 Å². The average Bonchev–Trinajstić information content (AvgIpc) is 2.42. The van der Waals surface area contributed by atoms with Crippen molar-refractivity contribution in [2.24, 2.45) is 0 Å². The standard InChI is InChI=1S/C12H12F3NO/c1-7-3-4-10-8(5-7)9(6-12(13,14)15)11(17)16(10)2/h3-5,9H,6H2,1-2H3. The van der Waals surface area contributed by atoms with E-state index in [1.54, 1.807) is 25.1 Å². The van der Waals surface area contributed by atoms with Gasteiger partial charge in [0, 0.05) is 12.7 Å². The van der Waals surface area contributed by atoms with E-state index in [0.29, 0.717) is 11.3 Å². The zero-order valence-electron chi connectivity index (χ0n) is 9.51. The van der Waals surface area contributed by atoms with Crippen molar-refractivity contribution in [3.8, 4) is 0 Å². The summed E-state index contributed by atoms with van der Waals surface area (Å²) in [7, 11) is 1.51. The quantitative estimate of drug-likeness (QED) is 0.742. The molecule has 1 amide bonds. The SMILES string of the molecule is Cc1ccc2c(c1)C(CC(F)(F)F)C(=O)N2C. The number of likely N-dealkylation sites (N-methyl/N-ethyl adjacent to an activating group) is 1. The van der Waals surface area contributed by atoms with Gasteiger partial charge in [0.2, 0.25) is 5.91 Å². The molecule has 0 saturated heterocycles. The number of aryl methyl sites for hydroxylation is 1. The summed E-state index contributed by atoms with van der Waals surface area (Å²) < 4.78 is 37.3. The maximum Gasteiger partial charge on any atom is 0.390 e. The molecule has 1 unspecified atom stereocenters. The summed E-state index contributed by atoms with van der Waals surface area (Å²) >= 11 is 0. The Morgan fingerprint density at radius 3 is 2.59 bits per heavy atom. The summed E-state index contributed by atoms with van der Waals surface area (Å²) in [5.41, 5.74) is 1.92. The lowest BCUT2D eigenvalue weighted by Crippen LogP contribution is -2.26. The largest absolute Gasteiger partial charge is 0.390 e. The van der Waals surface area contributed by atoms with Crippen molar-refractivity contribution in [3.05, 3.63) is 29.3 Å². The minimum atomic E-state index is -4.33. The monoisotopic (exact) mass is 243 g/mol. The lowest BCUT2D eigenvalue weighted by molar-refractivity contribution is -0.146. The number of alkyl halides is 3. The van der Waals surface area contributed by atoms with Crippen LogP contribution in [-0.2, 0) is 4.79 Å². The molecule has 1 atom stereocenters. The minimum absolute atomic E-state index is 0.481. The molecule has 0 N–H and O–H groups in total. The summed E-state index contributed by atoms with van der Waals surface area (Å²) in [4.78, 5) is 13.1. The number of anilines is 1. The molecule has 1 aromatic carbocycles. The van der Waals surface area contributed by atoms with E-state index in [1.807, 2.05) is 0 Å². The number of fused-ring (bicyclic) bond motifs is 1. The molecule has 0 aliphatic carbocycles. The zero-order chi connectivity index (χ0) is 12.8. The van der Waals surface area contributed by atoms with Gasteiger partial charge in [0.15, 0.2) is 0 Å². The van der Waals surface area contributed by atoms with Crippen molar-refractivity contribution in [1.82, 2.24) is 0 Å². The molecule has 17 heavy (non-hydrogen) atoms. The molecule has 92 valence electrons. The number of hydrogen-bond acceptors (Lipinski definition) is 1. The van der Waals surface area contributed by atoms with Gasteiger partial charge in [-0.2, -0.15) is 13.2 Å². The zero-order valence-corrected chi connectivity index (χ0v) is 9.51. The molecule has 2 rings (SSSR count). The predicted octanol–water partition coefficient (Wildman–Crippen LogP) is 3.01. The van der Waals surface area contributed by atoms with Crippen LogP contribution in [0.3, 0.4) is 0 Å². The van der Waals surface area contributed by atoms with Crippen LogP contribution in [0.2, 0.25) is 0 Å². The highest BCUT2D eigenvalue weighted by Crippen LogP contribution is 2.42. The van der Waals surface area contributed by atoms with Crippen LogP contribution in [0, 0.1) is 6.92 Å². The van der Waals surface area contributed by atoms with E-state index in [9.17, 15) is 18.0 Å². The molecule has 0 aromatic heterocycles. The Morgan fingerprint density at radius 1 is 1.35 bits per heavy atom. The molecule has 0 saturated carbocycles. The van der Waals surface area contributed by atoms with Gasteiger partial charge >= 0.3 is 6.18 Å². The highest BCUT2D eigenvalue weighted by molar-refractivity contribution is 6.04. The molecule has 1 aromatic rings. The highest BCUT2D eigenvalue weighted by atomic mass is 19.4. The van der Waals surface area contributed by atoms with Crippen molar-refractivity contribution in [1.29, 1.82) is 0 Å². The first kappa shape index (κ1) is 12.0. The van der Waals surface area contributed by atoms with Gasteiger partial charge in [-0.05, 0) is 18.6 Å². The summed E-state index contributed by atoms with van der Waals surface area (Å²) in [6.45, 7) is 1.80. The number of amides is 1. The third-order valence-corrected chi connectivity index (χ3v) is 2.98. The van der Waals surface area contributed by atoms with Crippen molar-refractivity contribution < 1.29 is 18.0 Å². The Morgan fingerprint density at radius 2 is 2.00 bits per heavy atom. The van der Waals surface area contributed by atoms with E-state index in [2.05, 4.69) is 0 Å². The summed E-state index contributed by atoms with van der Waals surface area (Å²) in [5.74, 6) is -1.57. The Kier molecular flexibility index (Phi) is 2.64.